The zero-order valence-corrected chi connectivity index (χ0v) is 16.5. The van der Waals surface area contributed by atoms with Gasteiger partial charge in [-0.3, -0.25) is 0 Å². The molecular formula is C18H20F3NO5S. The number of benzene rings is 2. The van der Waals surface area contributed by atoms with Gasteiger partial charge >= 0.3 is 6.18 Å². The van der Waals surface area contributed by atoms with Crippen LogP contribution < -0.4 is 14.2 Å². The van der Waals surface area contributed by atoms with Gasteiger partial charge in [0.1, 0.15) is 0 Å². The number of rotatable bonds is 7. The Morgan fingerprint density at radius 3 is 1.93 bits per heavy atom. The molecule has 0 amide bonds. The summed E-state index contributed by atoms with van der Waals surface area (Å²) in [6.45, 7) is -0.0904. The molecule has 6 nitrogen and oxygen atoms in total. The summed E-state index contributed by atoms with van der Waals surface area (Å²) in [4.78, 5) is -0.248. The third-order valence-corrected chi connectivity index (χ3v) is 5.89. The van der Waals surface area contributed by atoms with Crippen LogP contribution in [0.1, 0.15) is 11.1 Å². The second kappa shape index (κ2) is 8.27. The molecule has 154 valence electrons. The highest BCUT2D eigenvalue weighted by Gasteiger charge is 2.31. The molecule has 0 aliphatic heterocycles. The Bertz CT molecular complexity index is 927. The number of nitrogens with zero attached hydrogens (tertiary/aromatic N) is 1. The summed E-state index contributed by atoms with van der Waals surface area (Å²) in [6, 6.07) is 6.56. The number of sulfonamides is 1. The maximum atomic E-state index is 12.7. The van der Waals surface area contributed by atoms with Crippen LogP contribution in [0.5, 0.6) is 17.2 Å². The van der Waals surface area contributed by atoms with Crippen molar-refractivity contribution in [2.75, 3.05) is 28.4 Å². The molecule has 28 heavy (non-hydrogen) atoms. The van der Waals surface area contributed by atoms with E-state index in [1.54, 1.807) is 12.1 Å². The number of alkyl halides is 3. The lowest BCUT2D eigenvalue weighted by Gasteiger charge is -2.21. The molecule has 0 aliphatic rings. The summed E-state index contributed by atoms with van der Waals surface area (Å²) < 4.78 is 80.3. The Morgan fingerprint density at radius 2 is 1.46 bits per heavy atom. The van der Waals surface area contributed by atoms with Crippen molar-refractivity contribution in [3.8, 4) is 17.2 Å². The van der Waals surface area contributed by atoms with Crippen LogP contribution in [0, 0.1) is 0 Å². The Kier molecular flexibility index (Phi) is 6.45. The van der Waals surface area contributed by atoms with Crippen LogP contribution >= 0.6 is 0 Å². The normalized spacial score (nSPS) is 12.1. The van der Waals surface area contributed by atoms with Crippen molar-refractivity contribution in [3.63, 3.8) is 0 Å². The molecule has 0 saturated carbocycles. The van der Waals surface area contributed by atoms with E-state index in [9.17, 15) is 21.6 Å². The average molecular weight is 419 g/mol. The molecule has 0 spiro atoms. The maximum Gasteiger partial charge on any atom is 0.416 e. The molecule has 2 rings (SSSR count). The number of hydrogen-bond acceptors (Lipinski definition) is 5. The van der Waals surface area contributed by atoms with Crippen molar-refractivity contribution < 1.29 is 35.8 Å². The van der Waals surface area contributed by atoms with Crippen LogP contribution in [0.4, 0.5) is 13.2 Å². The lowest BCUT2D eigenvalue weighted by Crippen LogP contribution is -2.27. The molecule has 0 heterocycles. The Labute approximate surface area is 161 Å². The van der Waals surface area contributed by atoms with E-state index in [4.69, 9.17) is 14.2 Å². The maximum absolute atomic E-state index is 12.7. The van der Waals surface area contributed by atoms with Crippen LogP contribution in [0.25, 0.3) is 0 Å². The van der Waals surface area contributed by atoms with E-state index >= 15 is 0 Å². The van der Waals surface area contributed by atoms with Gasteiger partial charge in [0, 0.05) is 19.2 Å². The van der Waals surface area contributed by atoms with Crippen LogP contribution in [0.15, 0.2) is 41.3 Å². The first-order valence-electron chi connectivity index (χ1n) is 7.97. The first-order valence-corrected chi connectivity index (χ1v) is 9.41. The predicted octanol–water partition coefficient (Wildman–Crippen LogP) is 3.55. The quantitative estimate of drug-likeness (QED) is 0.687. The fourth-order valence-corrected chi connectivity index (χ4v) is 3.76. The molecule has 0 bridgehead atoms. The highest BCUT2D eigenvalue weighted by Crippen LogP contribution is 2.40. The van der Waals surface area contributed by atoms with Crippen LogP contribution in [0.3, 0.4) is 0 Å². The summed E-state index contributed by atoms with van der Waals surface area (Å²) in [5.41, 5.74) is -0.422. The summed E-state index contributed by atoms with van der Waals surface area (Å²) in [5, 5.41) is 0. The third-order valence-electron chi connectivity index (χ3n) is 4.07. The van der Waals surface area contributed by atoms with Crippen LogP contribution in [0.2, 0.25) is 0 Å². The van der Waals surface area contributed by atoms with E-state index in [1.165, 1.54) is 28.4 Å². The second-order valence-corrected chi connectivity index (χ2v) is 7.82. The van der Waals surface area contributed by atoms with Gasteiger partial charge in [0.05, 0.1) is 31.8 Å². The molecule has 0 fully saturated rings. The van der Waals surface area contributed by atoms with Gasteiger partial charge < -0.3 is 14.2 Å². The molecule has 0 saturated heterocycles. The first-order chi connectivity index (χ1) is 13.1. The molecule has 0 aliphatic carbocycles. The SMILES string of the molecule is COc1ccc(CN(C)S(=O)(=O)c2ccc(C(F)(F)F)cc2)c(OC)c1OC. The second-order valence-electron chi connectivity index (χ2n) is 5.78. The zero-order chi connectivity index (χ0) is 21.1. The lowest BCUT2D eigenvalue weighted by molar-refractivity contribution is -0.137. The number of methoxy groups -OCH3 is 3. The van der Waals surface area contributed by atoms with Crippen molar-refractivity contribution in [2.45, 2.75) is 17.6 Å². The molecule has 0 radical (unpaired) electrons. The fourth-order valence-electron chi connectivity index (χ4n) is 2.61. The monoisotopic (exact) mass is 419 g/mol. The van der Waals surface area contributed by atoms with Crippen molar-refractivity contribution in [2.24, 2.45) is 0 Å². The predicted molar refractivity (Wildman–Crippen MR) is 96.2 cm³/mol. The zero-order valence-electron chi connectivity index (χ0n) is 15.7. The van der Waals surface area contributed by atoms with Gasteiger partial charge in [-0.25, -0.2) is 8.42 Å². The van der Waals surface area contributed by atoms with Gasteiger partial charge in [0.15, 0.2) is 11.5 Å². The van der Waals surface area contributed by atoms with Crippen LogP contribution in [-0.4, -0.2) is 41.1 Å². The van der Waals surface area contributed by atoms with E-state index in [2.05, 4.69) is 0 Å². The molecule has 10 heteroatoms. The number of hydrogen-bond donors (Lipinski definition) is 0. The van der Waals surface area contributed by atoms with Gasteiger partial charge in [-0.15, -0.1) is 0 Å². The molecule has 0 aromatic heterocycles. The standard InChI is InChI=1S/C18H20F3NO5S/c1-22(11-12-5-10-15(25-2)17(27-4)16(12)26-3)28(23,24)14-8-6-13(7-9-14)18(19,20)21/h5-10H,11H2,1-4H3. The van der Waals surface area contributed by atoms with E-state index in [0.717, 1.165) is 28.6 Å². The molecule has 0 unspecified atom stereocenters. The minimum absolute atomic E-state index is 0.0904. The molecule has 0 atom stereocenters. The number of ether oxygens (including phenoxy) is 3. The van der Waals surface area contributed by atoms with Gasteiger partial charge in [-0.2, -0.15) is 17.5 Å². The Balaban J connectivity index is 2.35. The average Bonchev–Trinajstić information content (AvgIpc) is 2.66. The van der Waals surface area contributed by atoms with Crippen molar-refractivity contribution >= 4 is 10.0 Å². The molecule has 0 N–H and O–H groups in total. The summed E-state index contributed by atoms with van der Waals surface area (Å²) in [5.74, 6) is 1.02. The first kappa shape index (κ1) is 21.8. The molecule has 2 aromatic rings. The van der Waals surface area contributed by atoms with Crippen molar-refractivity contribution in [1.82, 2.24) is 4.31 Å². The van der Waals surface area contributed by atoms with Gasteiger partial charge in [-0.05, 0) is 30.3 Å². The molecule has 2 aromatic carbocycles. The largest absolute Gasteiger partial charge is 0.493 e. The Morgan fingerprint density at radius 1 is 0.893 bits per heavy atom. The fraction of sp³-hybridized carbons (Fsp3) is 0.333. The summed E-state index contributed by atoms with van der Waals surface area (Å²) in [6.07, 6.45) is -4.54. The van der Waals surface area contributed by atoms with E-state index in [1.807, 2.05) is 0 Å². The van der Waals surface area contributed by atoms with Gasteiger partial charge in [0.2, 0.25) is 15.8 Å². The minimum atomic E-state index is -4.54. The smallest absolute Gasteiger partial charge is 0.416 e. The summed E-state index contributed by atoms with van der Waals surface area (Å²) in [7, 11) is 1.59. The Hall–Kier alpha value is -2.46. The van der Waals surface area contributed by atoms with E-state index in [-0.39, 0.29) is 11.4 Å². The van der Waals surface area contributed by atoms with E-state index in [0.29, 0.717) is 22.8 Å². The highest BCUT2D eigenvalue weighted by molar-refractivity contribution is 7.89. The van der Waals surface area contributed by atoms with Crippen LogP contribution in [-0.2, 0) is 22.7 Å². The number of halogens is 3. The third kappa shape index (κ3) is 4.33. The molecular weight excluding hydrogens is 399 g/mol. The summed E-state index contributed by atoms with van der Waals surface area (Å²) >= 11 is 0. The van der Waals surface area contributed by atoms with E-state index < -0.39 is 21.8 Å². The van der Waals surface area contributed by atoms with Gasteiger partial charge in [0.25, 0.3) is 0 Å². The van der Waals surface area contributed by atoms with Gasteiger partial charge in [-0.1, -0.05) is 6.07 Å². The topological polar surface area (TPSA) is 65.1 Å². The minimum Gasteiger partial charge on any atom is -0.493 e. The van der Waals surface area contributed by atoms with Crippen molar-refractivity contribution in [3.05, 3.63) is 47.5 Å². The van der Waals surface area contributed by atoms with Crippen molar-refractivity contribution in [1.29, 1.82) is 0 Å². The lowest BCUT2D eigenvalue weighted by atomic mass is 10.1. The highest BCUT2D eigenvalue weighted by atomic mass is 32.2.